The summed E-state index contributed by atoms with van der Waals surface area (Å²) in [6, 6.07) is 5.92. The zero-order valence-electron chi connectivity index (χ0n) is 10.3. The van der Waals surface area contributed by atoms with Crippen LogP contribution in [0.25, 0.3) is 0 Å². The van der Waals surface area contributed by atoms with E-state index >= 15 is 0 Å². The maximum Gasteiger partial charge on any atom is 0.185 e. The third kappa shape index (κ3) is 4.63. The van der Waals surface area contributed by atoms with E-state index in [9.17, 15) is 19.4 Å². The van der Waals surface area contributed by atoms with Crippen LogP contribution in [0.15, 0.2) is 18.2 Å². The molecule has 0 saturated carbocycles. The summed E-state index contributed by atoms with van der Waals surface area (Å²) in [4.78, 5) is 10.8. The molecule has 2 unspecified atom stereocenters. The molecular weight excluding hydrogens is 269 g/mol. The van der Waals surface area contributed by atoms with Gasteiger partial charge in [0.15, 0.2) is 5.12 Å². The van der Waals surface area contributed by atoms with E-state index in [-0.39, 0.29) is 22.9 Å². The van der Waals surface area contributed by atoms with Crippen LogP contribution >= 0.6 is 11.8 Å². The molecule has 1 aromatic rings. The molecule has 1 rings (SSSR count). The molecule has 4 nitrogen and oxygen atoms in total. The molecule has 2 atom stereocenters. The minimum atomic E-state index is -1.40. The van der Waals surface area contributed by atoms with E-state index < -0.39 is 18.0 Å². The first-order chi connectivity index (χ1) is 8.95. The van der Waals surface area contributed by atoms with Crippen molar-refractivity contribution in [3.05, 3.63) is 35.1 Å². The predicted octanol–water partition coefficient (Wildman–Crippen LogP) is 1.57. The maximum atomic E-state index is 13.7. The molecule has 102 valence electrons. The lowest BCUT2D eigenvalue weighted by Crippen LogP contribution is -2.22. The molecule has 2 N–H and O–H groups in total. The molecule has 0 aliphatic carbocycles. The Balaban J connectivity index is 2.79. The smallest absolute Gasteiger partial charge is 0.185 e. The standard InChI is InChI=1S/C13H14FNO3S/c1-8(16)19-7-12(17)13(18)10-3-2-9(4-5-15)6-11(10)14/h2-3,6,12-13,17-18H,4,7H2,1H3. The molecule has 0 amide bonds. The molecule has 0 aliphatic rings. The van der Waals surface area contributed by atoms with E-state index in [1.54, 1.807) is 0 Å². The number of aliphatic hydroxyl groups excluding tert-OH is 2. The van der Waals surface area contributed by atoms with Gasteiger partial charge in [0.1, 0.15) is 11.9 Å². The highest BCUT2D eigenvalue weighted by atomic mass is 32.2. The fourth-order valence-electron chi connectivity index (χ4n) is 1.51. The molecule has 0 bridgehead atoms. The predicted molar refractivity (Wildman–Crippen MR) is 69.8 cm³/mol. The number of hydrogen-bond acceptors (Lipinski definition) is 5. The molecule has 0 radical (unpaired) electrons. The molecule has 0 heterocycles. The normalized spacial score (nSPS) is 13.6. The van der Waals surface area contributed by atoms with Crippen molar-refractivity contribution in [1.82, 2.24) is 0 Å². The second-order valence-corrected chi connectivity index (χ2v) is 5.20. The van der Waals surface area contributed by atoms with Crippen molar-refractivity contribution in [1.29, 1.82) is 5.26 Å². The molecule has 19 heavy (non-hydrogen) atoms. The summed E-state index contributed by atoms with van der Waals surface area (Å²) >= 11 is 0.865. The van der Waals surface area contributed by atoms with E-state index in [0.717, 1.165) is 17.8 Å². The summed E-state index contributed by atoms with van der Waals surface area (Å²) < 4.78 is 13.7. The number of halogens is 1. The van der Waals surface area contributed by atoms with Gasteiger partial charge in [-0.1, -0.05) is 23.9 Å². The number of thioether (sulfide) groups is 1. The lowest BCUT2D eigenvalue weighted by Gasteiger charge is -2.18. The van der Waals surface area contributed by atoms with Gasteiger partial charge < -0.3 is 10.2 Å². The maximum absolute atomic E-state index is 13.7. The summed E-state index contributed by atoms with van der Waals surface area (Å²) in [6.07, 6.45) is -2.55. The monoisotopic (exact) mass is 283 g/mol. The Morgan fingerprint density at radius 1 is 1.53 bits per heavy atom. The molecule has 0 spiro atoms. The largest absolute Gasteiger partial charge is 0.389 e. The Hall–Kier alpha value is -1.42. The number of carbonyl (C=O) groups excluding carboxylic acids is 1. The first-order valence-electron chi connectivity index (χ1n) is 5.60. The summed E-state index contributed by atoms with van der Waals surface area (Å²) in [5, 5.41) is 27.8. The van der Waals surface area contributed by atoms with Crippen molar-refractivity contribution >= 4 is 16.9 Å². The zero-order chi connectivity index (χ0) is 14.4. The topological polar surface area (TPSA) is 81.3 Å². The molecule has 0 aromatic heterocycles. The van der Waals surface area contributed by atoms with E-state index in [1.807, 2.05) is 6.07 Å². The van der Waals surface area contributed by atoms with Crippen molar-refractivity contribution in [3.8, 4) is 6.07 Å². The average molecular weight is 283 g/mol. The van der Waals surface area contributed by atoms with Gasteiger partial charge in [0, 0.05) is 18.2 Å². The van der Waals surface area contributed by atoms with E-state index in [0.29, 0.717) is 5.56 Å². The van der Waals surface area contributed by atoms with Crippen LogP contribution in [-0.2, 0) is 11.2 Å². The zero-order valence-corrected chi connectivity index (χ0v) is 11.2. The van der Waals surface area contributed by atoms with Gasteiger partial charge in [0.05, 0.1) is 18.6 Å². The fourth-order valence-corrected chi connectivity index (χ4v) is 2.10. The number of nitrogens with zero attached hydrogens (tertiary/aromatic N) is 1. The number of rotatable bonds is 5. The molecular formula is C13H14FNO3S. The Morgan fingerprint density at radius 3 is 2.74 bits per heavy atom. The summed E-state index contributed by atoms with van der Waals surface area (Å²) in [6.45, 7) is 1.35. The van der Waals surface area contributed by atoms with Crippen molar-refractivity contribution in [2.75, 3.05) is 5.75 Å². The number of hydrogen-bond donors (Lipinski definition) is 2. The van der Waals surface area contributed by atoms with Crippen LogP contribution in [0.5, 0.6) is 0 Å². The Morgan fingerprint density at radius 2 is 2.21 bits per heavy atom. The first kappa shape index (κ1) is 15.6. The van der Waals surface area contributed by atoms with Gasteiger partial charge in [-0.25, -0.2) is 4.39 Å². The van der Waals surface area contributed by atoms with E-state index in [4.69, 9.17) is 5.26 Å². The second kappa shape index (κ2) is 7.24. The molecule has 0 aliphatic heterocycles. The minimum Gasteiger partial charge on any atom is -0.389 e. The Labute approximate surface area is 114 Å². The SMILES string of the molecule is CC(=O)SCC(O)C(O)c1ccc(CC#N)cc1F. The van der Waals surface area contributed by atoms with Gasteiger partial charge in [0.25, 0.3) is 0 Å². The average Bonchev–Trinajstić information content (AvgIpc) is 2.35. The Bertz CT molecular complexity index is 501. The molecule has 6 heteroatoms. The lowest BCUT2D eigenvalue weighted by atomic mass is 10.0. The third-order valence-electron chi connectivity index (χ3n) is 2.49. The summed E-state index contributed by atoms with van der Waals surface area (Å²) in [7, 11) is 0. The van der Waals surface area contributed by atoms with Crippen LogP contribution < -0.4 is 0 Å². The van der Waals surface area contributed by atoms with Crippen LogP contribution in [0.1, 0.15) is 24.2 Å². The van der Waals surface area contributed by atoms with Crippen molar-refractivity contribution < 1.29 is 19.4 Å². The van der Waals surface area contributed by atoms with Crippen LogP contribution in [0.4, 0.5) is 4.39 Å². The van der Waals surface area contributed by atoms with Gasteiger partial charge in [0.2, 0.25) is 0 Å². The van der Waals surface area contributed by atoms with Crippen LogP contribution in [-0.4, -0.2) is 27.2 Å². The van der Waals surface area contributed by atoms with Crippen molar-refractivity contribution in [2.24, 2.45) is 0 Å². The van der Waals surface area contributed by atoms with Gasteiger partial charge in [-0.2, -0.15) is 5.26 Å². The van der Waals surface area contributed by atoms with Crippen LogP contribution in [0.3, 0.4) is 0 Å². The third-order valence-corrected chi connectivity index (χ3v) is 3.40. The quantitative estimate of drug-likeness (QED) is 0.857. The highest BCUT2D eigenvalue weighted by molar-refractivity contribution is 8.13. The summed E-state index contributed by atoms with van der Waals surface area (Å²) in [5.74, 6) is -0.678. The number of carbonyl (C=O) groups is 1. The highest BCUT2D eigenvalue weighted by Gasteiger charge is 2.22. The minimum absolute atomic E-state index is 0.00408. The number of benzene rings is 1. The van der Waals surface area contributed by atoms with Crippen LogP contribution in [0, 0.1) is 17.1 Å². The first-order valence-corrected chi connectivity index (χ1v) is 6.59. The molecule has 1 aromatic carbocycles. The molecule has 0 saturated heterocycles. The van der Waals surface area contributed by atoms with Gasteiger partial charge in [-0.3, -0.25) is 4.79 Å². The van der Waals surface area contributed by atoms with Crippen LogP contribution in [0.2, 0.25) is 0 Å². The van der Waals surface area contributed by atoms with Crippen molar-refractivity contribution in [2.45, 2.75) is 25.6 Å². The summed E-state index contributed by atoms with van der Waals surface area (Å²) in [5.41, 5.74) is 0.460. The van der Waals surface area contributed by atoms with Gasteiger partial charge >= 0.3 is 0 Å². The fraction of sp³-hybridized carbons (Fsp3) is 0.385. The van der Waals surface area contributed by atoms with Gasteiger partial charge in [-0.05, 0) is 11.6 Å². The molecule has 0 fully saturated rings. The number of nitriles is 1. The highest BCUT2D eigenvalue weighted by Crippen LogP contribution is 2.23. The lowest BCUT2D eigenvalue weighted by molar-refractivity contribution is -0.109. The second-order valence-electron chi connectivity index (χ2n) is 4.01. The van der Waals surface area contributed by atoms with E-state index in [2.05, 4.69) is 0 Å². The Kier molecular flexibility index (Phi) is 5.96. The van der Waals surface area contributed by atoms with Gasteiger partial charge in [-0.15, -0.1) is 0 Å². The van der Waals surface area contributed by atoms with E-state index in [1.165, 1.54) is 19.1 Å². The number of aliphatic hydroxyl groups is 2. The van der Waals surface area contributed by atoms with Crippen molar-refractivity contribution in [3.63, 3.8) is 0 Å².